The van der Waals surface area contributed by atoms with Crippen LogP contribution < -0.4 is 4.74 Å². The van der Waals surface area contributed by atoms with Gasteiger partial charge in [-0.3, -0.25) is 0 Å². The van der Waals surface area contributed by atoms with E-state index in [2.05, 4.69) is 41.9 Å². The zero-order valence-corrected chi connectivity index (χ0v) is 13.9. The second-order valence-corrected chi connectivity index (χ2v) is 5.57. The molecule has 0 atom stereocenters. The highest BCUT2D eigenvalue weighted by atomic mass is 79.9. The van der Waals surface area contributed by atoms with E-state index in [1.54, 1.807) is 13.2 Å². The molecule has 0 fully saturated rings. The lowest BCUT2D eigenvalue weighted by Crippen LogP contribution is -2.05. The molecule has 0 amide bonds. The van der Waals surface area contributed by atoms with Crippen molar-refractivity contribution in [3.05, 3.63) is 32.7 Å². The predicted octanol–water partition coefficient (Wildman–Crippen LogP) is 3.06. The van der Waals surface area contributed by atoms with Crippen molar-refractivity contribution < 1.29 is 14.6 Å². The summed E-state index contributed by atoms with van der Waals surface area (Å²) in [7, 11) is 1.56. The van der Waals surface area contributed by atoms with Crippen LogP contribution >= 0.6 is 31.9 Å². The van der Waals surface area contributed by atoms with Crippen molar-refractivity contribution in [2.45, 2.75) is 13.3 Å². The zero-order valence-electron chi connectivity index (χ0n) is 10.7. The van der Waals surface area contributed by atoms with Crippen LogP contribution in [0.15, 0.2) is 21.1 Å². The predicted molar refractivity (Wildman–Crippen MR) is 79.6 cm³/mol. The van der Waals surface area contributed by atoms with Crippen LogP contribution in [0.25, 0.3) is 5.69 Å². The highest BCUT2D eigenvalue weighted by molar-refractivity contribution is 9.11. The van der Waals surface area contributed by atoms with E-state index in [1.165, 1.54) is 4.68 Å². The van der Waals surface area contributed by atoms with Gasteiger partial charge >= 0.3 is 5.97 Å². The van der Waals surface area contributed by atoms with Gasteiger partial charge in [0.1, 0.15) is 11.6 Å². The molecule has 1 aromatic carbocycles. The Labute approximate surface area is 132 Å². The van der Waals surface area contributed by atoms with Crippen molar-refractivity contribution in [3.8, 4) is 11.4 Å². The van der Waals surface area contributed by atoms with E-state index < -0.39 is 5.97 Å². The van der Waals surface area contributed by atoms with Crippen molar-refractivity contribution in [2.24, 2.45) is 0 Å². The Hall–Kier alpha value is -1.41. The van der Waals surface area contributed by atoms with Gasteiger partial charge in [0.25, 0.3) is 5.82 Å². The number of ether oxygens (including phenoxy) is 1. The summed E-state index contributed by atoms with van der Waals surface area (Å²) in [5.74, 6) is -0.195. The molecule has 0 bridgehead atoms. The molecule has 1 N–H and O–H groups in total. The normalized spacial score (nSPS) is 10.6. The van der Waals surface area contributed by atoms with Crippen LogP contribution in [0.2, 0.25) is 0 Å². The van der Waals surface area contributed by atoms with Gasteiger partial charge < -0.3 is 9.84 Å². The molecule has 1 aromatic heterocycles. The second-order valence-electron chi connectivity index (χ2n) is 3.86. The van der Waals surface area contributed by atoms with Crippen LogP contribution in [0, 0.1) is 0 Å². The maximum atomic E-state index is 11.0. The van der Waals surface area contributed by atoms with Crippen LogP contribution in [0.5, 0.6) is 5.75 Å². The van der Waals surface area contributed by atoms with Gasteiger partial charge in [-0.25, -0.2) is 14.5 Å². The van der Waals surface area contributed by atoms with Gasteiger partial charge in [-0.1, -0.05) is 6.92 Å². The summed E-state index contributed by atoms with van der Waals surface area (Å²) in [4.78, 5) is 15.0. The molecule has 0 spiro atoms. The minimum absolute atomic E-state index is 0.226. The summed E-state index contributed by atoms with van der Waals surface area (Å²) in [5, 5.41) is 13.0. The van der Waals surface area contributed by atoms with Crippen molar-refractivity contribution in [2.75, 3.05) is 7.11 Å². The number of benzene rings is 1. The molecule has 8 heteroatoms. The molecule has 2 aromatic rings. The molecule has 1 heterocycles. The first-order valence-corrected chi connectivity index (χ1v) is 7.29. The summed E-state index contributed by atoms with van der Waals surface area (Å²) in [6.45, 7) is 1.89. The first kappa shape index (κ1) is 15.0. The fraction of sp³-hybridized carbons (Fsp3) is 0.250. The van der Waals surface area contributed by atoms with Crippen LogP contribution in [0.1, 0.15) is 23.4 Å². The molecular weight excluding hydrogens is 394 g/mol. The summed E-state index contributed by atoms with van der Waals surface area (Å²) < 4.78 is 8.28. The molecule has 0 radical (unpaired) electrons. The molecule has 6 nitrogen and oxygen atoms in total. The van der Waals surface area contributed by atoms with E-state index in [-0.39, 0.29) is 5.82 Å². The number of aromatic nitrogens is 3. The van der Waals surface area contributed by atoms with E-state index in [0.717, 1.165) is 8.95 Å². The fourth-order valence-corrected chi connectivity index (χ4v) is 3.02. The Morgan fingerprint density at radius 3 is 2.65 bits per heavy atom. The average molecular weight is 405 g/mol. The Kier molecular flexibility index (Phi) is 4.44. The average Bonchev–Trinajstić information content (AvgIpc) is 2.83. The van der Waals surface area contributed by atoms with Gasteiger partial charge in [0.15, 0.2) is 0 Å². The number of nitrogens with zero attached hydrogens (tertiary/aromatic N) is 3. The highest BCUT2D eigenvalue weighted by Gasteiger charge is 2.18. The second kappa shape index (κ2) is 5.92. The van der Waals surface area contributed by atoms with Gasteiger partial charge in [-0.2, -0.15) is 0 Å². The lowest BCUT2D eigenvalue weighted by molar-refractivity contribution is 0.0683. The van der Waals surface area contributed by atoms with Gasteiger partial charge in [0, 0.05) is 17.0 Å². The summed E-state index contributed by atoms with van der Waals surface area (Å²) in [6.07, 6.45) is 0.561. The zero-order chi connectivity index (χ0) is 14.9. The first-order valence-electron chi connectivity index (χ1n) is 5.70. The molecule has 106 valence electrons. The SMILES string of the molecule is CCc1nc(C(=O)O)nn1-c1cc(OC)c(Br)cc1Br. The maximum absolute atomic E-state index is 11.0. The topological polar surface area (TPSA) is 77.2 Å². The quantitative estimate of drug-likeness (QED) is 0.847. The monoisotopic (exact) mass is 403 g/mol. The number of hydrogen-bond acceptors (Lipinski definition) is 4. The van der Waals surface area contributed by atoms with Crippen molar-refractivity contribution >= 4 is 37.8 Å². The Morgan fingerprint density at radius 2 is 2.10 bits per heavy atom. The van der Waals surface area contributed by atoms with Crippen molar-refractivity contribution in [3.63, 3.8) is 0 Å². The number of carboxylic acids is 1. The molecule has 0 unspecified atom stereocenters. The van der Waals surface area contributed by atoms with E-state index in [4.69, 9.17) is 9.84 Å². The Morgan fingerprint density at radius 1 is 1.40 bits per heavy atom. The maximum Gasteiger partial charge on any atom is 0.375 e. The summed E-state index contributed by atoms with van der Waals surface area (Å²) in [6, 6.07) is 3.57. The van der Waals surface area contributed by atoms with Crippen molar-refractivity contribution in [1.29, 1.82) is 0 Å². The summed E-state index contributed by atoms with van der Waals surface area (Å²) >= 11 is 6.82. The highest BCUT2D eigenvalue weighted by Crippen LogP contribution is 2.33. The summed E-state index contributed by atoms with van der Waals surface area (Å²) in [5.41, 5.74) is 0.668. The van der Waals surface area contributed by atoms with E-state index in [1.807, 2.05) is 13.0 Å². The Bertz CT molecular complexity index is 670. The molecule has 0 saturated heterocycles. The van der Waals surface area contributed by atoms with E-state index >= 15 is 0 Å². The third kappa shape index (κ3) is 2.71. The molecular formula is C12H11Br2N3O3. The smallest absolute Gasteiger partial charge is 0.375 e. The number of halogens is 2. The van der Waals surface area contributed by atoms with Crippen LogP contribution in [-0.2, 0) is 6.42 Å². The van der Waals surface area contributed by atoms with Crippen LogP contribution in [0.3, 0.4) is 0 Å². The first-order chi connectivity index (χ1) is 9.47. The number of aryl methyl sites for hydroxylation is 1. The molecule has 20 heavy (non-hydrogen) atoms. The number of rotatable bonds is 4. The molecule has 2 rings (SSSR count). The Balaban J connectivity index is 2.64. The number of carbonyl (C=O) groups is 1. The number of carboxylic acid groups (broad SMARTS) is 1. The number of hydrogen-bond donors (Lipinski definition) is 1. The van der Waals surface area contributed by atoms with Gasteiger partial charge in [-0.15, -0.1) is 5.10 Å². The van der Waals surface area contributed by atoms with Crippen LogP contribution in [0.4, 0.5) is 0 Å². The lowest BCUT2D eigenvalue weighted by atomic mass is 10.3. The van der Waals surface area contributed by atoms with Gasteiger partial charge in [0.2, 0.25) is 0 Å². The van der Waals surface area contributed by atoms with Gasteiger partial charge in [-0.05, 0) is 37.9 Å². The minimum atomic E-state index is -1.15. The molecule has 0 saturated carbocycles. The molecule has 0 aliphatic rings. The third-order valence-corrected chi connectivity index (χ3v) is 3.89. The minimum Gasteiger partial charge on any atom is -0.495 e. The lowest BCUT2D eigenvalue weighted by Gasteiger charge is -2.10. The number of aromatic carboxylic acids is 1. The van der Waals surface area contributed by atoms with Crippen molar-refractivity contribution in [1.82, 2.24) is 14.8 Å². The largest absolute Gasteiger partial charge is 0.495 e. The molecule has 0 aliphatic carbocycles. The third-order valence-electron chi connectivity index (χ3n) is 2.63. The van der Waals surface area contributed by atoms with E-state index in [9.17, 15) is 4.79 Å². The number of methoxy groups -OCH3 is 1. The fourth-order valence-electron chi connectivity index (χ4n) is 1.69. The van der Waals surface area contributed by atoms with Crippen LogP contribution in [-0.4, -0.2) is 33.0 Å². The standard InChI is InChI=1S/C12H11Br2N3O3/c1-3-10-15-11(12(18)19)16-17(10)8-5-9(20-2)7(14)4-6(8)13/h4-5H,3H2,1-2H3,(H,18,19). The van der Waals surface area contributed by atoms with Gasteiger partial charge in [0.05, 0.1) is 17.3 Å². The van der Waals surface area contributed by atoms with E-state index in [0.29, 0.717) is 23.7 Å². The molecule has 0 aliphatic heterocycles.